The predicted molar refractivity (Wildman–Crippen MR) is 92.6 cm³/mol. The van der Waals surface area contributed by atoms with Crippen molar-refractivity contribution in [2.45, 2.75) is 19.5 Å². The fraction of sp³-hybridized carbons (Fsp3) is 0.176. The number of carbonyl (C=O) groups excluding carboxylic acids is 1. The maximum Gasteiger partial charge on any atom is 0.267 e. The summed E-state index contributed by atoms with van der Waals surface area (Å²) in [5.74, 6) is -0.249. The maximum atomic E-state index is 12.3. The lowest BCUT2D eigenvalue weighted by atomic mass is 10.2. The van der Waals surface area contributed by atoms with Crippen molar-refractivity contribution < 1.29 is 4.79 Å². The van der Waals surface area contributed by atoms with Gasteiger partial charge in [-0.15, -0.1) is 11.3 Å². The van der Waals surface area contributed by atoms with E-state index in [1.165, 1.54) is 10.7 Å². The molecular weight excluding hydrogens is 324 g/mol. The molecule has 0 fully saturated rings. The van der Waals surface area contributed by atoms with Crippen LogP contribution < -0.4 is 10.9 Å². The Labute approximate surface area is 142 Å². The van der Waals surface area contributed by atoms with E-state index in [1.54, 1.807) is 42.8 Å². The monoisotopic (exact) mass is 340 g/mol. The van der Waals surface area contributed by atoms with Crippen molar-refractivity contribution in [2.75, 3.05) is 0 Å². The Morgan fingerprint density at radius 2 is 2.17 bits per heavy atom. The molecule has 3 heterocycles. The molecule has 1 atom stereocenters. The molecule has 3 rings (SSSR count). The predicted octanol–water partition coefficient (Wildman–Crippen LogP) is 2.24. The number of thiophene rings is 1. The van der Waals surface area contributed by atoms with Crippen LogP contribution in [0.15, 0.2) is 59.0 Å². The van der Waals surface area contributed by atoms with Crippen LogP contribution in [0.5, 0.6) is 0 Å². The lowest BCUT2D eigenvalue weighted by Gasteiger charge is -2.14. The van der Waals surface area contributed by atoms with E-state index in [0.29, 0.717) is 12.2 Å². The van der Waals surface area contributed by atoms with Gasteiger partial charge in [-0.2, -0.15) is 5.10 Å². The van der Waals surface area contributed by atoms with Crippen LogP contribution in [0, 0.1) is 0 Å². The largest absolute Gasteiger partial charge is 0.349 e. The molecule has 0 aliphatic rings. The number of aromatic nitrogens is 3. The van der Waals surface area contributed by atoms with Gasteiger partial charge in [-0.3, -0.25) is 14.6 Å². The van der Waals surface area contributed by atoms with Crippen molar-refractivity contribution in [2.24, 2.45) is 0 Å². The van der Waals surface area contributed by atoms with Crippen molar-refractivity contribution in [3.63, 3.8) is 0 Å². The highest BCUT2D eigenvalue weighted by atomic mass is 32.1. The average molecular weight is 340 g/mol. The van der Waals surface area contributed by atoms with Crippen LogP contribution in [0.3, 0.4) is 0 Å². The third-order valence-electron chi connectivity index (χ3n) is 3.55. The van der Waals surface area contributed by atoms with Crippen molar-refractivity contribution >= 4 is 17.2 Å². The molecule has 0 saturated carbocycles. The Morgan fingerprint density at radius 3 is 2.88 bits per heavy atom. The Kier molecular flexibility index (Phi) is 4.81. The van der Waals surface area contributed by atoms with E-state index < -0.39 is 6.04 Å². The van der Waals surface area contributed by atoms with Crippen LogP contribution in [0.4, 0.5) is 0 Å². The van der Waals surface area contributed by atoms with Crippen LogP contribution in [-0.4, -0.2) is 20.7 Å². The molecule has 0 aromatic carbocycles. The Bertz CT molecular complexity index is 875. The SMILES string of the molecule is CC(C(=O)NCc1cccs1)n1nc(-c2cccnc2)ccc1=O. The smallest absolute Gasteiger partial charge is 0.267 e. The van der Waals surface area contributed by atoms with Gasteiger partial charge in [-0.05, 0) is 36.6 Å². The van der Waals surface area contributed by atoms with E-state index in [0.717, 1.165) is 10.4 Å². The molecule has 0 aliphatic carbocycles. The second-order valence-corrected chi connectivity index (χ2v) is 6.25. The molecule has 1 N–H and O–H groups in total. The molecule has 0 radical (unpaired) electrons. The quantitative estimate of drug-likeness (QED) is 0.773. The summed E-state index contributed by atoms with van der Waals surface area (Å²) < 4.78 is 1.20. The fourth-order valence-corrected chi connectivity index (χ4v) is 2.86. The number of pyridine rings is 1. The highest BCUT2D eigenvalue weighted by molar-refractivity contribution is 7.09. The summed E-state index contributed by atoms with van der Waals surface area (Å²) in [6.07, 6.45) is 3.33. The molecule has 0 saturated heterocycles. The third-order valence-corrected chi connectivity index (χ3v) is 4.42. The first-order valence-corrected chi connectivity index (χ1v) is 8.33. The number of carbonyl (C=O) groups is 1. The van der Waals surface area contributed by atoms with Gasteiger partial charge in [0.25, 0.3) is 5.56 Å². The first-order valence-electron chi connectivity index (χ1n) is 7.45. The summed E-state index contributed by atoms with van der Waals surface area (Å²) in [5, 5.41) is 9.10. The first-order chi connectivity index (χ1) is 11.6. The molecule has 3 aromatic rings. The number of amides is 1. The van der Waals surface area contributed by atoms with Crippen molar-refractivity contribution in [1.29, 1.82) is 0 Å². The van der Waals surface area contributed by atoms with Gasteiger partial charge in [0, 0.05) is 28.9 Å². The highest BCUT2D eigenvalue weighted by Gasteiger charge is 2.18. The number of hydrogen-bond acceptors (Lipinski definition) is 5. The fourth-order valence-electron chi connectivity index (χ4n) is 2.22. The van der Waals surface area contributed by atoms with Gasteiger partial charge < -0.3 is 5.32 Å². The van der Waals surface area contributed by atoms with E-state index in [-0.39, 0.29) is 11.5 Å². The van der Waals surface area contributed by atoms with Crippen LogP contribution in [0.25, 0.3) is 11.3 Å². The number of hydrogen-bond donors (Lipinski definition) is 1. The summed E-state index contributed by atoms with van der Waals surface area (Å²) in [6.45, 7) is 2.10. The van der Waals surface area contributed by atoms with E-state index in [4.69, 9.17) is 0 Å². The lowest BCUT2D eigenvalue weighted by Crippen LogP contribution is -2.36. The third kappa shape index (κ3) is 3.57. The van der Waals surface area contributed by atoms with E-state index in [2.05, 4.69) is 15.4 Å². The maximum absolute atomic E-state index is 12.3. The standard InChI is InChI=1S/C17H16N4O2S/c1-12(17(23)19-11-14-5-3-9-24-14)21-16(22)7-6-15(20-21)13-4-2-8-18-10-13/h2-10,12H,11H2,1H3,(H,19,23). The molecule has 1 amide bonds. The number of nitrogens with one attached hydrogen (secondary N) is 1. The molecular formula is C17H16N4O2S. The summed E-state index contributed by atoms with van der Waals surface area (Å²) >= 11 is 1.57. The summed E-state index contributed by atoms with van der Waals surface area (Å²) in [6, 6.07) is 9.87. The minimum absolute atomic E-state index is 0.249. The van der Waals surface area contributed by atoms with Crippen LogP contribution in [0.2, 0.25) is 0 Å². The van der Waals surface area contributed by atoms with Gasteiger partial charge >= 0.3 is 0 Å². The van der Waals surface area contributed by atoms with Crippen molar-refractivity contribution in [3.05, 3.63) is 69.4 Å². The van der Waals surface area contributed by atoms with Gasteiger partial charge in [0.05, 0.1) is 12.2 Å². The Morgan fingerprint density at radius 1 is 1.29 bits per heavy atom. The Hall–Kier alpha value is -2.80. The van der Waals surface area contributed by atoms with E-state index in [9.17, 15) is 9.59 Å². The van der Waals surface area contributed by atoms with Crippen molar-refractivity contribution in [3.8, 4) is 11.3 Å². The second-order valence-electron chi connectivity index (χ2n) is 5.22. The van der Waals surface area contributed by atoms with Gasteiger partial charge in [0.15, 0.2) is 0 Å². The molecule has 1 unspecified atom stereocenters. The van der Waals surface area contributed by atoms with Gasteiger partial charge in [-0.25, -0.2) is 4.68 Å². The van der Waals surface area contributed by atoms with Crippen LogP contribution >= 0.6 is 11.3 Å². The van der Waals surface area contributed by atoms with E-state index >= 15 is 0 Å². The molecule has 3 aromatic heterocycles. The normalized spacial score (nSPS) is 11.9. The minimum Gasteiger partial charge on any atom is -0.349 e. The minimum atomic E-state index is -0.700. The molecule has 122 valence electrons. The van der Waals surface area contributed by atoms with Gasteiger partial charge in [0.1, 0.15) is 6.04 Å². The average Bonchev–Trinajstić information content (AvgIpc) is 3.14. The Balaban J connectivity index is 1.80. The lowest BCUT2D eigenvalue weighted by molar-refractivity contribution is -0.124. The molecule has 0 spiro atoms. The highest BCUT2D eigenvalue weighted by Crippen LogP contribution is 2.14. The second kappa shape index (κ2) is 7.18. The zero-order valence-corrected chi connectivity index (χ0v) is 13.9. The molecule has 6 nitrogen and oxygen atoms in total. The topological polar surface area (TPSA) is 76.9 Å². The molecule has 0 bridgehead atoms. The zero-order chi connectivity index (χ0) is 16.9. The van der Waals surface area contributed by atoms with Crippen LogP contribution in [-0.2, 0) is 11.3 Å². The number of nitrogens with zero attached hydrogens (tertiary/aromatic N) is 3. The first kappa shape index (κ1) is 16.1. The van der Waals surface area contributed by atoms with Crippen LogP contribution in [0.1, 0.15) is 17.8 Å². The summed E-state index contributed by atoms with van der Waals surface area (Å²) in [7, 11) is 0. The van der Waals surface area contributed by atoms with Gasteiger partial charge in [-0.1, -0.05) is 6.07 Å². The molecule has 7 heteroatoms. The molecule has 24 heavy (non-hydrogen) atoms. The number of rotatable bonds is 5. The van der Waals surface area contributed by atoms with E-state index in [1.807, 2.05) is 23.6 Å². The van der Waals surface area contributed by atoms with Gasteiger partial charge in [0.2, 0.25) is 5.91 Å². The zero-order valence-electron chi connectivity index (χ0n) is 13.0. The summed E-state index contributed by atoms with van der Waals surface area (Å²) in [5.41, 5.74) is 1.07. The van der Waals surface area contributed by atoms with Crippen molar-refractivity contribution in [1.82, 2.24) is 20.1 Å². The summed E-state index contributed by atoms with van der Waals surface area (Å²) in [4.78, 5) is 29.5. The molecule has 0 aliphatic heterocycles.